The summed E-state index contributed by atoms with van der Waals surface area (Å²) in [5, 5.41) is 2.99. The molecule has 1 heterocycles. The van der Waals surface area contributed by atoms with E-state index in [0.717, 1.165) is 16.8 Å². The lowest BCUT2D eigenvalue weighted by Gasteiger charge is -2.15. The fraction of sp³-hybridized carbons (Fsp3) is 0.167. The molecule has 0 saturated carbocycles. The summed E-state index contributed by atoms with van der Waals surface area (Å²) in [5.41, 5.74) is 3.06. The molecule has 23 heavy (non-hydrogen) atoms. The molecule has 0 radical (unpaired) electrons. The zero-order valence-electron chi connectivity index (χ0n) is 13.0. The third-order valence-corrected chi connectivity index (χ3v) is 3.69. The molecule has 1 atom stereocenters. The first kappa shape index (κ1) is 15.0. The van der Waals surface area contributed by atoms with E-state index in [1.807, 2.05) is 31.2 Å². The van der Waals surface area contributed by atoms with Crippen molar-refractivity contribution in [2.45, 2.75) is 13.0 Å². The third-order valence-electron chi connectivity index (χ3n) is 3.69. The second-order valence-corrected chi connectivity index (χ2v) is 5.23. The number of aromatic nitrogens is 2. The fourth-order valence-corrected chi connectivity index (χ4v) is 2.36. The van der Waals surface area contributed by atoms with Crippen LogP contribution in [0, 0.1) is 0 Å². The number of hydrogen-bond acceptors (Lipinski definition) is 4. The fourth-order valence-electron chi connectivity index (χ4n) is 2.36. The van der Waals surface area contributed by atoms with Crippen LogP contribution in [0.4, 0.5) is 0 Å². The van der Waals surface area contributed by atoms with Crippen molar-refractivity contribution in [3.63, 3.8) is 0 Å². The van der Waals surface area contributed by atoms with Crippen LogP contribution in [0.3, 0.4) is 0 Å². The Bertz CT molecular complexity index is 831. The van der Waals surface area contributed by atoms with Crippen LogP contribution < -0.4 is 10.1 Å². The number of nitrogens with zero attached hydrogens (tertiary/aromatic N) is 2. The van der Waals surface area contributed by atoms with Crippen LogP contribution in [-0.2, 0) is 0 Å². The molecule has 0 aliphatic carbocycles. The quantitative estimate of drug-likeness (QED) is 0.804. The Morgan fingerprint density at radius 2 is 1.74 bits per heavy atom. The second-order valence-electron chi connectivity index (χ2n) is 5.23. The lowest BCUT2D eigenvalue weighted by atomic mass is 10.1. The van der Waals surface area contributed by atoms with Crippen molar-refractivity contribution >= 4 is 16.9 Å². The Labute approximate surface area is 134 Å². The minimum Gasteiger partial charge on any atom is -0.497 e. The second kappa shape index (κ2) is 6.44. The SMILES string of the molecule is COc1ccc([C@@H](C)NC(=O)c2ccc3nccnc3c2)cc1. The number of carbonyl (C=O) groups excluding carboxylic acids is 1. The molecule has 1 amide bonds. The third kappa shape index (κ3) is 3.29. The van der Waals surface area contributed by atoms with E-state index in [1.54, 1.807) is 37.7 Å². The van der Waals surface area contributed by atoms with Crippen molar-refractivity contribution in [2.75, 3.05) is 7.11 Å². The first-order valence-corrected chi connectivity index (χ1v) is 7.33. The molecule has 0 aliphatic heterocycles. The summed E-state index contributed by atoms with van der Waals surface area (Å²) < 4.78 is 5.14. The molecular formula is C18H17N3O2. The number of carbonyl (C=O) groups is 1. The number of hydrogen-bond donors (Lipinski definition) is 1. The standard InChI is InChI=1S/C18H17N3O2/c1-12(13-3-6-15(23-2)7-4-13)21-18(22)14-5-8-16-17(11-14)20-10-9-19-16/h3-12H,1-2H3,(H,21,22)/t12-/m1/s1. The maximum atomic E-state index is 12.4. The van der Waals surface area contributed by atoms with Gasteiger partial charge in [0.25, 0.3) is 5.91 Å². The Morgan fingerprint density at radius 1 is 1.04 bits per heavy atom. The van der Waals surface area contributed by atoms with Gasteiger partial charge < -0.3 is 10.1 Å². The van der Waals surface area contributed by atoms with E-state index >= 15 is 0 Å². The number of amides is 1. The van der Waals surface area contributed by atoms with Gasteiger partial charge in [-0.25, -0.2) is 0 Å². The summed E-state index contributed by atoms with van der Waals surface area (Å²) in [4.78, 5) is 20.8. The summed E-state index contributed by atoms with van der Waals surface area (Å²) in [6.45, 7) is 1.95. The highest BCUT2D eigenvalue weighted by Gasteiger charge is 2.12. The van der Waals surface area contributed by atoms with Gasteiger partial charge in [0.15, 0.2) is 0 Å². The predicted octanol–water partition coefficient (Wildman–Crippen LogP) is 3.13. The lowest BCUT2D eigenvalue weighted by Crippen LogP contribution is -2.26. The van der Waals surface area contributed by atoms with E-state index in [1.165, 1.54) is 0 Å². The van der Waals surface area contributed by atoms with Gasteiger partial charge >= 0.3 is 0 Å². The number of methoxy groups -OCH3 is 1. The molecule has 0 aliphatic rings. The molecule has 1 N–H and O–H groups in total. The van der Waals surface area contributed by atoms with E-state index in [0.29, 0.717) is 11.1 Å². The molecule has 0 saturated heterocycles. The van der Waals surface area contributed by atoms with Crippen molar-refractivity contribution in [2.24, 2.45) is 0 Å². The summed E-state index contributed by atoms with van der Waals surface area (Å²) in [7, 11) is 1.63. The van der Waals surface area contributed by atoms with E-state index < -0.39 is 0 Å². The molecular weight excluding hydrogens is 290 g/mol. The van der Waals surface area contributed by atoms with Crippen LogP contribution in [0.15, 0.2) is 54.9 Å². The van der Waals surface area contributed by atoms with Gasteiger partial charge in [0.1, 0.15) is 5.75 Å². The number of fused-ring (bicyclic) bond motifs is 1. The van der Waals surface area contributed by atoms with Gasteiger partial charge in [-0.05, 0) is 42.8 Å². The Balaban J connectivity index is 1.76. The van der Waals surface area contributed by atoms with E-state index in [2.05, 4.69) is 15.3 Å². The average Bonchev–Trinajstić information content (AvgIpc) is 2.61. The topological polar surface area (TPSA) is 64.1 Å². The van der Waals surface area contributed by atoms with Gasteiger partial charge in [0.2, 0.25) is 0 Å². The van der Waals surface area contributed by atoms with Gasteiger partial charge in [-0.3, -0.25) is 14.8 Å². The van der Waals surface area contributed by atoms with Crippen LogP contribution in [-0.4, -0.2) is 23.0 Å². The first-order chi connectivity index (χ1) is 11.2. The molecule has 1 aromatic heterocycles. The highest BCUT2D eigenvalue weighted by Crippen LogP contribution is 2.18. The van der Waals surface area contributed by atoms with E-state index in [4.69, 9.17) is 4.74 Å². The highest BCUT2D eigenvalue weighted by molar-refractivity contribution is 5.97. The summed E-state index contributed by atoms with van der Waals surface area (Å²) in [5.74, 6) is 0.654. The average molecular weight is 307 g/mol. The molecule has 0 fully saturated rings. The summed E-state index contributed by atoms with van der Waals surface area (Å²) in [6, 6.07) is 12.8. The maximum Gasteiger partial charge on any atom is 0.251 e. The van der Waals surface area contributed by atoms with Gasteiger partial charge in [-0.15, -0.1) is 0 Å². The van der Waals surface area contributed by atoms with Crippen molar-refractivity contribution < 1.29 is 9.53 Å². The smallest absolute Gasteiger partial charge is 0.251 e. The molecule has 2 aromatic carbocycles. The highest BCUT2D eigenvalue weighted by atomic mass is 16.5. The molecule has 0 bridgehead atoms. The van der Waals surface area contributed by atoms with Crippen LogP contribution in [0.5, 0.6) is 5.75 Å². The Kier molecular flexibility index (Phi) is 4.19. The van der Waals surface area contributed by atoms with Gasteiger partial charge in [0.05, 0.1) is 24.2 Å². The van der Waals surface area contributed by atoms with Crippen LogP contribution in [0.1, 0.15) is 28.9 Å². The van der Waals surface area contributed by atoms with Crippen molar-refractivity contribution in [1.82, 2.24) is 15.3 Å². The summed E-state index contributed by atoms with van der Waals surface area (Å²) in [6.07, 6.45) is 3.25. The molecule has 5 heteroatoms. The number of nitrogens with one attached hydrogen (secondary N) is 1. The number of benzene rings is 2. The van der Waals surface area contributed by atoms with Crippen LogP contribution in [0.25, 0.3) is 11.0 Å². The number of ether oxygens (including phenoxy) is 1. The maximum absolute atomic E-state index is 12.4. The molecule has 3 aromatic rings. The molecule has 3 rings (SSSR count). The minimum absolute atomic E-state index is 0.106. The van der Waals surface area contributed by atoms with Gasteiger partial charge in [0, 0.05) is 18.0 Å². The predicted molar refractivity (Wildman–Crippen MR) is 88.4 cm³/mol. The van der Waals surface area contributed by atoms with Gasteiger partial charge in [-0.2, -0.15) is 0 Å². The largest absolute Gasteiger partial charge is 0.497 e. The van der Waals surface area contributed by atoms with Crippen molar-refractivity contribution in [1.29, 1.82) is 0 Å². The van der Waals surface area contributed by atoms with E-state index in [9.17, 15) is 4.79 Å². The number of rotatable bonds is 4. The molecule has 0 spiro atoms. The normalized spacial score (nSPS) is 11.9. The Hall–Kier alpha value is -2.95. The lowest BCUT2D eigenvalue weighted by molar-refractivity contribution is 0.0940. The van der Waals surface area contributed by atoms with Crippen molar-refractivity contribution in [3.05, 3.63) is 66.0 Å². The minimum atomic E-state index is -0.138. The van der Waals surface area contributed by atoms with Crippen LogP contribution in [0.2, 0.25) is 0 Å². The Morgan fingerprint density at radius 3 is 2.43 bits per heavy atom. The molecule has 0 unspecified atom stereocenters. The first-order valence-electron chi connectivity index (χ1n) is 7.33. The van der Waals surface area contributed by atoms with Crippen LogP contribution >= 0.6 is 0 Å². The zero-order valence-corrected chi connectivity index (χ0v) is 13.0. The summed E-state index contributed by atoms with van der Waals surface area (Å²) >= 11 is 0. The monoisotopic (exact) mass is 307 g/mol. The molecule has 5 nitrogen and oxygen atoms in total. The zero-order chi connectivity index (χ0) is 16.2. The van der Waals surface area contributed by atoms with Gasteiger partial charge in [-0.1, -0.05) is 12.1 Å². The van der Waals surface area contributed by atoms with Crippen molar-refractivity contribution in [3.8, 4) is 5.75 Å². The molecule has 116 valence electrons. The van der Waals surface area contributed by atoms with E-state index in [-0.39, 0.29) is 11.9 Å².